The van der Waals surface area contributed by atoms with Gasteiger partial charge in [-0.3, -0.25) is 0 Å². The van der Waals surface area contributed by atoms with Gasteiger partial charge in [0.05, 0.1) is 0 Å². The average molecular weight is 302 g/mol. The second-order valence-corrected chi connectivity index (χ2v) is 4.04. The molecular weight excluding hydrogens is 288 g/mol. The number of hydrogen-bond donors (Lipinski definition) is 0. The van der Waals surface area contributed by atoms with E-state index >= 15 is 0 Å². The largest absolute Gasteiger partial charge is 0.423 e. The van der Waals surface area contributed by atoms with Gasteiger partial charge in [0.25, 0.3) is 0 Å². The summed E-state index contributed by atoms with van der Waals surface area (Å²) in [4.78, 5) is 0. The zero-order valence-electron chi connectivity index (χ0n) is 10.3. The predicted octanol–water partition coefficient (Wildman–Crippen LogP) is 5.06. The lowest BCUT2D eigenvalue weighted by atomic mass is 10.1. The van der Waals surface area contributed by atoms with Crippen molar-refractivity contribution in [1.29, 1.82) is 0 Å². The van der Waals surface area contributed by atoms with E-state index in [9.17, 15) is 35.1 Å². The molecule has 0 aliphatic rings. The van der Waals surface area contributed by atoms with E-state index < -0.39 is 49.7 Å². The first kappa shape index (κ1) is 18.4. The van der Waals surface area contributed by atoms with Crippen LogP contribution in [0.5, 0.6) is 0 Å². The average Bonchev–Trinajstić information content (AvgIpc) is 2.14. The third kappa shape index (κ3) is 4.19. The van der Waals surface area contributed by atoms with Crippen molar-refractivity contribution in [3.05, 3.63) is 0 Å². The molecule has 0 saturated carbocycles. The zero-order valence-corrected chi connectivity index (χ0v) is 10.3. The summed E-state index contributed by atoms with van der Waals surface area (Å²) in [6, 6.07) is 0. The number of halogens is 8. The van der Waals surface area contributed by atoms with E-state index in [0.29, 0.717) is 0 Å². The number of ether oxygens (including phenoxy) is 1. The summed E-state index contributed by atoms with van der Waals surface area (Å²) in [6.45, 7) is 2.21. The summed E-state index contributed by atoms with van der Waals surface area (Å²) in [5.74, 6) is -9.90. The van der Waals surface area contributed by atoms with Gasteiger partial charge in [0.2, 0.25) is 0 Å². The van der Waals surface area contributed by atoms with Crippen LogP contribution >= 0.6 is 0 Å². The molecule has 0 saturated heterocycles. The Hall–Kier alpha value is -0.600. The molecule has 0 aliphatic heterocycles. The minimum absolute atomic E-state index is 0.455. The highest BCUT2D eigenvalue weighted by Gasteiger charge is 2.67. The lowest BCUT2D eigenvalue weighted by Crippen LogP contribution is -2.53. The Labute approximate surface area is 104 Å². The number of alkyl halides is 8. The highest BCUT2D eigenvalue weighted by molar-refractivity contribution is 4.83. The van der Waals surface area contributed by atoms with Crippen LogP contribution in [0.25, 0.3) is 0 Å². The Balaban J connectivity index is 5.09. The maximum absolute atomic E-state index is 12.9. The zero-order chi connectivity index (χ0) is 15.5. The SMILES string of the molecule is CCCC(F)(F)C(F)(F)OC(F)(F)C(F)(F)CCC. The van der Waals surface area contributed by atoms with Crippen molar-refractivity contribution in [3.8, 4) is 0 Å². The Morgan fingerprint density at radius 1 is 0.632 bits per heavy atom. The van der Waals surface area contributed by atoms with Gasteiger partial charge in [-0.15, -0.1) is 0 Å². The quantitative estimate of drug-likeness (QED) is 0.569. The maximum Gasteiger partial charge on any atom is 0.423 e. The summed E-state index contributed by atoms with van der Waals surface area (Å²) in [5, 5.41) is 0. The van der Waals surface area contributed by atoms with Gasteiger partial charge >= 0.3 is 24.1 Å². The van der Waals surface area contributed by atoms with E-state index in [2.05, 4.69) is 4.74 Å². The first-order valence-electron chi connectivity index (χ1n) is 5.54. The number of rotatable bonds is 8. The summed E-state index contributed by atoms with van der Waals surface area (Å²) in [6.07, 6.45) is -15.2. The molecule has 0 radical (unpaired) electrons. The van der Waals surface area contributed by atoms with Gasteiger partial charge in [-0.25, -0.2) is 4.74 Å². The van der Waals surface area contributed by atoms with E-state index in [0.717, 1.165) is 13.8 Å². The topological polar surface area (TPSA) is 9.23 Å². The van der Waals surface area contributed by atoms with Crippen LogP contribution in [0.4, 0.5) is 35.1 Å². The summed E-state index contributed by atoms with van der Waals surface area (Å²) >= 11 is 0. The van der Waals surface area contributed by atoms with Crippen LogP contribution in [0.1, 0.15) is 39.5 Å². The van der Waals surface area contributed by atoms with Crippen LogP contribution in [0.15, 0.2) is 0 Å². The molecule has 0 bridgehead atoms. The Morgan fingerprint density at radius 2 is 0.895 bits per heavy atom. The molecule has 116 valence electrons. The van der Waals surface area contributed by atoms with Gasteiger partial charge in [-0.1, -0.05) is 26.7 Å². The molecule has 0 aromatic rings. The third-order valence-electron chi connectivity index (χ3n) is 2.24. The molecule has 9 heteroatoms. The fraction of sp³-hybridized carbons (Fsp3) is 1.00. The van der Waals surface area contributed by atoms with Gasteiger partial charge in [0, 0.05) is 12.8 Å². The van der Waals surface area contributed by atoms with Crippen molar-refractivity contribution in [2.24, 2.45) is 0 Å². The van der Waals surface area contributed by atoms with Crippen LogP contribution in [0, 0.1) is 0 Å². The highest BCUT2D eigenvalue weighted by Crippen LogP contribution is 2.47. The molecule has 0 amide bonds. The van der Waals surface area contributed by atoms with Crippen LogP contribution in [-0.2, 0) is 4.74 Å². The van der Waals surface area contributed by atoms with Gasteiger partial charge in [-0.05, 0) is 0 Å². The molecule has 0 aliphatic carbocycles. The molecule has 0 spiro atoms. The smallest absolute Gasteiger partial charge is 0.246 e. The predicted molar refractivity (Wildman–Crippen MR) is 50.7 cm³/mol. The minimum atomic E-state index is -5.68. The minimum Gasteiger partial charge on any atom is -0.246 e. The lowest BCUT2D eigenvalue weighted by Gasteiger charge is -2.32. The van der Waals surface area contributed by atoms with E-state index in [1.54, 1.807) is 0 Å². The van der Waals surface area contributed by atoms with Crippen LogP contribution in [0.2, 0.25) is 0 Å². The molecule has 0 fully saturated rings. The van der Waals surface area contributed by atoms with Crippen molar-refractivity contribution in [3.63, 3.8) is 0 Å². The maximum atomic E-state index is 12.9. The van der Waals surface area contributed by atoms with Crippen molar-refractivity contribution >= 4 is 0 Å². The second kappa shape index (κ2) is 5.80. The molecule has 0 N–H and O–H groups in total. The third-order valence-corrected chi connectivity index (χ3v) is 2.24. The van der Waals surface area contributed by atoms with Crippen molar-refractivity contribution in [2.75, 3.05) is 0 Å². The Morgan fingerprint density at radius 3 is 1.11 bits per heavy atom. The van der Waals surface area contributed by atoms with E-state index in [4.69, 9.17) is 0 Å². The Bertz CT molecular complexity index is 261. The van der Waals surface area contributed by atoms with Crippen LogP contribution < -0.4 is 0 Å². The molecule has 19 heavy (non-hydrogen) atoms. The summed E-state index contributed by atoms with van der Waals surface area (Å²) in [7, 11) is 0. The van der Waals surface area contributed by atoms with Gasteiger partial charge in [0.1, 0.15) is 0 Å². The van der Waals surface area contributed by atoms with Crippen molar-refractivity contribution in [1.82, 2.24) is 0 Å². The summed E-state index contributed by atoms with van der Waals surface area (Å²) < 4.78 is 105. The molecule has 0 atom stereocenters. The Kier molecular flexibility index (Phi) is 5.62. The standard InChI is InChI=1S/C10H14F8O/c1-3-5-7(11,12)9(15,16)19-10(17,18)8(13,14)6-4-2/h3-6H2,1-2H3. The fourth-order valence-corrected chi connectivity index (χ4v) is 1.23. The normalized spacial score (nSPS) is 14.8. The lowest BCUT2D eigenvalue weighted by molar-refractivity contribution is -0.468. The van der Waals surface area contributed by atoms with Crippen molar-refractivity contribution in [2.45, 2.75) is 63.6 Å². The summed E-state index contributed by atoms with van der Waals surface area (Å²) in [5.41, 5.74) is 0. The first-order chi connectivity index (χ1) is 8.33. The van der Waals surface area contributed by atoms with E-state index in [1.807, 2.05) is 0 Å². The highest BCUT2D eigenvalue weighted by atomic mass is 19.3. The van der Waals surface area contributed by atoms with E-state index in [1.165, 1.54) is 0 Å². The second-order valence-electron chi connectivity index (χ2n) is 4.04. The molecule has 0 heterocycles. The van der Waals surface area contributed by atoms with Crippen LogP contribution in [-0.4, -0.2) is 24.1 Å². The fourth-order valence-electron chi connectivity index (χ4n) is 1.23. The molecule has 0 aromatic heterocycles. The van der Waals surface area contributed by atoms with Crippen LogP contribution in [0.3, 0.4) is 0 Å². The monoisotopic (exact) mass is 302 g/mol. The molecule has 0 rings (SSSR count). The van der Waals surface area contributed by atoms with Gasteiger partial charge < -0.3 is 0 Å². The molecule has 0 unspecified atom stereocenters. The molecule has 1 nitrogen and oxygen atoms in total. The first-order valence-corrected chi connectivity index (χ1v) is 5.54. The molecule has 0 aromatic carbocycles. The van der Waals surface area contributed by atoms with Crippen molar-refractivity contribution < 1.29 is 39.9 Å². The molecular formula is C10H14F8O. The van der Waals surface area contributed by atoms with Gasteiger partial charge in [-0.2, -0.15) is 35.1 Å². The van der Waals surface area contributed by atoms with Gasteiger partial charge in [0.15, 0.2) is 0 Å². The number of hydrogen-bond acceptors (Lipinski definition) is 1. The van der Waals surface area contributed by atoms with E-state index in [-0.39, 0.29) is 0 Å².